The van der Waals surface area contributed by atoms with Gasteiger partial charge in [0.1, 0.15) is 0 Å². The second kappa shape index (κ2) is 18.6. The number of fused-ring (bicyclic) bond motifs is 7. The molecule has 2 nitrogen and oxygen atoms in total. The average Bonchev–Trinajstić information content (AvgIpc) is 3.71. The fraction of sp³-hybridized carbons (Fsp3) is 0.169. The second-order valence-corrected chi connectivity index (χ2v) is 28.3. The van der Waals surface area contributed by atoms with Gasteiger partial charge in [-0.05, 0) is 166 Å². The van der Waals surface area contributed by atoms with Crippen LogP contribution in [0.2, 0.25) is 0 Å². The van der Waals surface area contributed by atoms with Crippen molar-refractivity contribution in [3.8, 4) is 33.4 Å². The van der Waals surface area contributed by atoms with Crippen LogP contribution in [0.25, 0.3) is 50.2 Å². The van der Waals surface area contributed by atoms with Crippen LogP contribution in [0.15, 0.2) is 212 Å². The van der Waals surface area contributed by atoms with Crippen LogP contribution >= 0.6 is 20.1 Å². The lowest BCUT2D eigenvalue weighted by atomic mass is 9.85. The lowest BCUT2D eigenvalue weighted by Crippen LogP contribution is -2.36. The minimum Gasteiger partial charge on any atom is -0.310 e. The molecule has 2 aliphatic carbocycles. The van der Waals surface area contributed by atoms with Crippen LogP contribution in [-0.4, -0.2) is 37.5 Å². The van der Waals surface area contributed by atoms with Crippen LogP contribution in [-0.2, 0) is 10.5 Å². The third-order valence-electron chi connectivity index (χ3n) is 14.0. The third kappa shape index (κ3) is 7.88. The minimum atomic E-state index is -1.38. The summed E-state index contributed by atoms with van der Waals surface area (Å²) in [6.45, 7) is 4.00. The largest absolute Gasteiger partial charge is 0.310 e. The molecule has 0 aliphatic heterocycles. The molecule has 4 heteroatoms. The molecule has 0 amide bonds. The minimum absolute atomic E-state index is 0.243. The summed E-state index contributed by atoms with van der Waals surface area (Å²) < 4.78 is -0.243. The number of nitrogens with zero attached hydrogens (tertiary/aromatic N) is 2. The van der Waals surface area contributed by atoms with Crippen LogP contribution in [0.3, 0.4) is 0 Å². The summed E-state index contributed by atoms with van der Waals surface area (Å²) in [6.07, 6.45) is 22.4. The van der Waals surface area contributed by atoms with Crippen molar-refractivity contribution in [2.45, 2.75) is 30.8 Å². The van der Waals surface area contributed by atoms with Crippen LogP contribution in [0.5, 0.6) is 0 Å². The van der Waals surface area contributed by atoms with Gasteiger partial charge in [0, 0.05) is 33.7 Å². The summed E-state index contributed by atoms with van der Waals surface area (Å²) in [5.74, 6) is 0. The Morgan fingerprint density at radius 3 is 1.25 bits per heavy atom. The first kappa shape index (κ1) is 46.0. The number of rotatable bonds is 10. The number of para-hydroxylation sites is 2. The summed E-state index contributed by atoms with van der Waals surface area (Å²) in [5.41, 5.74) is 20.6. The van der Waals surface area contributed by atoms with E-state index in [4.69, 9.17) is 0 Å². The third-order valence-corrected chi connectivity index (χ3v) is 21.3. The van der Waals surface area contributed by atoms with Crippen LogP contribution in [0.1, 0.15) is 42.5 Å². The highest BCUT2D eigenvalue weighted by molar-refractivity contribution is 8.48. The number of hydrogen-bond donors (Lipinski definition) is 0. The van der Waals surface area contributed by atoms with Crippen LogP contribution < -0.4 is 9.80 Å². The molecule has 0 aromatic heterocycles. The molecule has 9 aromatic carbocycles. The maximum Gasteiger partial charge on any atom is 0.0813 e. The smallest absolute Gasteiger partial charge is 0.0813 e. The first-order valence-corrected chi connectivity index (χ1v) is 30.1. The van der Waals surface area contributed by atoms with Gasteiger partial charge in [0.15, 0.2) is 0 Å². The Morgan fingerprint density at radius 1 is 0.391 bits per heavy atom. The fourth-order valence-electron chi connectivity index (χ4n) is 11.5. The van der Waals surface area contributed by atoms with Crippen molar-refractivity contribution < 1.29 is 0 Å². The first-order valence-electron chi connectivity index (χ1n) is 24.4. The molecule has 0 atom stereocenters. The predicted octanol–water partition coefficient (Wildman–Crippen LogP) is 18.7. The second-order valence-electron chi connectivity index (χ2n) is 19.5. The highest BCUT2D eigenvalue weighted by atomic mass is 32.3. The average molecular weight is 937 g/mol. The highest BCUT2D eigenvalue weighted by Crippen LogP contribution is 2.81. The zero-order valence-corrected chi connectivity index (χ0v) is 43.0. The van der Waals surface area contributed by atoms with Gasteiger partial charge in [0.2, 0.25) is 0 Å². The van der Waals surface area contributed by atoms with Crippen molar-refractivity contribution in [2.75, 3.05) is 47.3 Å². The molecule has 0 N–H and O–H groups in total. The van der Waals surface area contributed by atoms with Gasteiger partial charge in [-0.1, -0.05) is 172 Å². The van der Waals surface area contributed by atoms with Gasteiger partial charge in [-0.15, -0.1) is 0 Å². The molecule has 11 rings (SSSR count). The van der Waals surface area contributed by atoms with E-state index in [0.29, 0.717) is 0 Å². The molecular weight excluding hydrogens is 873 g/mol. The first-order chi connectivity index (χ1) is 33.5. The summed E-state index contributed by atoms with van der Waals surface area (Å²) in [6, 6.07) is 76.4. The summed E-state index contributed by atoms with van der Waals surface area (Å²) >= 11 is 0. The van der Waals surface area contributed by atoms with E-state index >= 15 is 0 Å². The normalized spacial score (nSPS) is 13.9. The number of benzene rings is 9. The number of hydrogen-bond acceptors (Lipinski definition) is 2. The van der Waals surface area contributed by atoms with E-state index in [1.807, 2.05) is 13.8 Å². The number of allylic oxidation sites excluding steroid dienone is 1. The van der Waals surface area contributed by atoms with Crippen molar-refractivity contribution >= 4 is 71.0 Å². The van der Waals surface area contributed by atoms with Gasteiger partial charge in [0.25, 0.3) is 0 Å². The lowest BCUT2D eigenvalue weighted by Gasteiger charge is -2.59. The van der Waals surface area contributed by atoms with E-state index < -0.39 is 20.1 Å². The molecule has 0 spiro atoms. The molecule has 0 heterocycles. The molecule has 69 heavy (non-hydrogen) atoms. The molecular formula is C65H64N2S2. The van der Waals surface area contributed by atoms with Gasteiger partial charge in [-0.25, -0.2) is 20.1 Å². The Bertz CT molecular complexity index is 3260. The van der Waals surface area contributed by atoms with Crippen LogP contribution in [0.4, 0.5) is 34.1 Å². The van der Waals surface area contributed by atoms with Crippen LogP contribution in [0, 0.1) is 0 Å². The maximum atomic E-state index is 2.66. The van der Waals surface area contributed by atoms with Gasteiger partial charge < -0.3 is 9.80 Å². The van der Waals surface area contributed by atoms with E-state index in [1.165, 1.54) is 77.8 Å². The number of anilines is 6. The van der Waals surface area contributed by atoms with Gasteiger partial charge >= 0.3 is 0 Å². The van der Waals surface area contributed by atoms with Gasteiger partial charge in [-0.2, -0.15) is 0 Å². The molecule has 0 fully saturated rings. The molecule has 0 unspecified atom stereocenters. The lowest BCUT2D eigenvalue weighted by molar-refractivity contribution is 0.979. The summed E-state index contributed by atoms with van der Waals surface area (Å²) in [7, 11) is -2.76. The maximum absolute atomic E-state index is 2.66. The molecule has 0 saturated carbocycles. The SMILES string of the molecule is CC.CS(C)(C)C1(S(C)(C)C)c2cc(N(c3ccccc3)c3ccc(-c4ccccc4)cc3)c3c(c2-c2c1cc(N(c1ccccc1)c1ccc(-c4ccccc4)cc1)c1ccccc21)CCC=C3. The zero-order chi connectivity index (χ0) is 47.9. The van der Waals surface area contributed by atoms with E-state index in [0.717, 1.165) is 35.6 Å². The quantitative estimate of drug-likeness (QED) is 0.135. The fourth-order valence-corrected chi connectivity index (χ4v) is 20.8. The summed E-state index contributed by atoms with van der Waals surface area (Å²) in [4.78, 5) is 5.05. The molecule has 2 aliphatic rings. The monoisotopic (exact) mass is 936 g/mol. The highest BCUT2D eigenvalue weighted by Gasteiger charge is 2.56. The molecule has 0 saturated heterocycles. The van der Waals surface area contributed by atoms with E-state index in [-0.39, 0.29) is 4.08 Å². The zero-order valence-electron chi connectivity index (χ0n) is 41.4. The molecule has 346 valence electrons. The Morgan fingerprint density at radius 2 is 0.768 bits per heavy atom. The molecule has 0 radical (unpaired) electrons. The van der Waals surface area contributed by atoms with Crippen molar-refractivity contribution in [2.24, 2.45) is 0 Å². The van der Waals surface area contributed by atoms with E-state index in [9.17, 15) is 0 Å². The van der Waals surface area contributed by atoms with Crippen molar-refractivity contribution in [3.63, 3.8) is 0 Å². The Kier molecular flexibility index (Phi) is 12.4. The van der Waals surface area contributed by atoms with Crippen molar-refractivity contribution in [1.82, 2.24) is 0 Å². The Balaban J connectivity index is 0.00000273. The van der Waals surface area contributed by atoms with E-state index in [1.54, 1.807) is 0 Å². The molecule has 9 aromatic rings. The van der Waals surface area contributed by atoms with E-state index in [2.05, 4.69) is 266 Å². The predicted molar refractivity (Wildman–Crippen MR) is 310 cm³/mol. The van der Waals surface area contributed by atoms with Crippen molar-refractivity contribution in [1.29, 1.82) is 0 Å². The Labute approximate surface area is 414 Å². The van der Waals surface area contributed by atoms with Crippen molar-refractivity contribution in [3.05, 3.63) is 235 Å². The summed E-state index contributed by atoms with van der Waals surface area (Å²) in [5, 5.41) is 2.59. The topological polar surface area (TPSA) is 6.48 Å². The molecule has 0 bridgehead atoms. The standard InChI is InChI=1S/C63H58N2S2.C2H6/c1-66(2,3)63(67(4,5)6)57-43-59(64(49-27-15-9-16-28-49)51-39-35-47(36-40-51)45-23-11-7-12-24-45)53-31-19-21-33-55(53)61(57)62-56-34-22-20-32-54(56)60(44-58(62)63)65(50-29-17-10-18-30-50)52-41-37-48(38-42-52)46-25-13-8-14-26-46;1-2/h7-21,23-33,35-44H,22,34H2,1-6H3;1-2H3. The van der Waals surface area contributed by atoms with Gasteiger partial charge in [0.05, 0.1) is 15.5 Å². The van der Waals surface area contributed by atoms with Gasteiger partial charge in [-0.3, -0.25) is 0 Å². The Hall–Kier alpha value is -6.72.